The molecular weight excluding hydrogens is 312 g/mol. The lowest BCUT2D eigenvalue weighted by molar-refractivity contribution is -0.125. The van der Waals surface area contributed by atoms with Crippen LogP contribution in [-0.2, 0) is 9.59 Å². The van der Waals surface area contributed by atoms with Gasteiger partial charge in [-0.05, 0) is 28.8 Å². The summed E-state index contributed by atoms with van der Waals surface area (Å²) in [5.41, 5.74) is 0.520. The van der Waals surface area contributed by atoms with Crippen molar-refractivity contribution in [3.8, 4) is 0 Å². The van der Waals surface area contributed by atoms with E-state index in [1.165, 1.54) is 0 Å². The van der Waals surface area contributed by atoms with Gasteiger partial charge in [0.1, 0.15) is 0 Å². The molecule has 1 atom stereocenters. The van der Waals surface area contributed by atoms with Crippen LogP contribution in [0.2, 0.25) is 0 Å². The summed E-state index contributed by atoms with van der Waals surface area (Å²) in [6.07, 6.45) is 0.238. The van der Waals surface area contributed by atoms with Crippen LogP contribution in [0.3, 0.4) is 0 Å². The molecule has 0 spiro atoms. The minimum atomic E-state index is -0.703. The van der Waals surface area contributed by atoms with Gasteiger partial charge in [-0.2, -0.15) is 0 Å². The first kappa shape index (κ1) is 12.1. The van der Waals surface area contributed by atoms with Crippen molar-refractivity contribution in [3.05, 3.63) is 10.1 Å². The monoisotopic (exact) mass is 322 g/mol. The summed E-state index contributed by atoms with van der Waals surface area (Å²) in [4.78, 5) is 23.5. The van der Waals surface area contributed by atoms with E-state index in [1.54, 1.807) is 6.92 Å². The van der Waals surface area contributed by atoms with Crippen LogP contribution < -0.4 is 0 Å². The van der Waals surface area contributed by atoms with Gasteiger partial charge in [0.2, 0.25) is 0 Å². The summed E-state index contributed by atoms with van der Waals surface area (Å²) in [6, 6.07) is 0. The van der Waals surface area contributed by atoms with Gasteiger partial charge in [0.15, 0.2) is 11.6 Å². The van der Waals surface area contributed by atoms with E-state index in [9.17, 15) is 9.59 Å². The van der Waals surface area contributed by atoms with Crippen molar-refractivity contribution in [1.29, 1.82) is 0 Å². The van der Waals surface area contributed by atoms with E-state index >= 15 is 0 Å². The number of hydrogen-bond donors (Lipinski definition) is 0. The molecule has 78 valence electrons. The van der Waals surface area contributed by atoms with Crippen molar-refractivity contribution in [2.45, 2.75) is 31.5 Å². The number of ketones is 2. The van der Waals surface area contributed by atoms with Gasteiger partial charge in [0, 0.05) is 12.0 Å². The van der Waals surface area contributed by atoms with E-state index in [2.05, 4.69) is 31.9 Å². The first-order chi connectivity index (χ1) is 6.30. The molecule has 1 aliphatic rings. The third-order valence-electron chi connectivity index (χ3n) is 2.63. The van der Waals surface area contributed by atoms with Crippen molar-refractivity contribution in [2.75, 3.05) is 0 Å². The highest BCUT2D eigenvalue weighted by Crippen LogP contribution is 2.41. The molecule has 0 saturated carbocycles. The van der Waals surface area contributed by atoms with Crippen LogP contribution in [0.4, 0.5) is 0 Å². The quantitative estimate of drug-likeness (QED) is 0.695. The van der Waals surface area contributed by atoms with Crippen molar-refractivity contribution >= 4 is 43.4 Å². The highest BCUT2D eigenvalue weighted by atomic mass is 79.9. The number of allylic oxidation sites excluding steroid dienone is 2. The highest BCUT2D eigenvalue weighted by molar-refractivity contribution is 9.12. The molecule has 0 saturated heterocycles. The Morgan fingerprint density at radius 1 is 1.36 bits per heavy atom. The molecule has 2 nitrogen and oxygen atoms in total. The van der Waals surface area contributed by atoms with Gasteiger partial charge >= 0.3 is 0 Å². The fourth-order valence-electron chi connectivity index (χ4n) is 1.48. The second-order valence-electron chi connectivity index (χ2n) is 3.89. The molecule has 0 aromatic rings. The van der Waals surface area contributed by atoms with Gasteiger partial charge in [-0.1, -0.05) is 29.8 Å². The molecule has 0 heterocycles. The zero-order chi connectivity index (χ0) is 11.1. The Morgan fingerprint density at radius 3 is 2.29 bits per heavy atom. The minimum Gasteiger partial charge on any atom is -0.294 e. The molecule has 0 fully saturated rings. The van der Waals surface area contributed by atoms with E-state index < -0.39 is 4.32 Å². The average molecular weight is 324 g/mol. The first-order valence-corrected chi connectivity index (χ1v) is 6.02. The predicted octanol–water partition coefficient (Wildman–Crippen LogP) is 2.99. The molecule has 4 heteroatoms. The highest BCUT2D eigenvalue weighted by Gasteiger charge is 2.45. The number of carbonyl (C=O) groups is 2. The normalized spacial score (nSPS) is 29.0. The van der Waals surface area contributed by atoms with E-state index in [1.807, 2.05) is 13.8 Å². The third-order valence-corrected chi connectivity index (χ3v) is 5.22. The summed E-state index contributed by atoms with van der Waals surface area (Å²) in [7, 11) is 0. The van der Waals surface area contributed by atoms with Crippen molar-refractivity contribution in [1.82, 2.24) is 0 Å². The van der Waals surface area contributed by atoms with Crippen LogP contribution in [0, 0.1) is 5.92 Å². The lowest BCUT2D eigenvalue weighted by Gasteiger charge is -2.33. The van der Waals surface area contributed by atoms with Gasteiger partial charge < -0.3 is 0 Å². The number of hydrogen-bond acceptors (Lipinski definition) is 2. The van der Waals surface area contributed by atoms with Gasteiger partial charge in [-0.15, -0.1) is 0 Å². The first-order valence-electron chi connectivity index (χ1n) is 4.44. The SMILES string of the molecule is CC1=C(Br)C(=O)CC(Br)(C(C)C)C1=O. The minimum absolute atomic E-state index is 0.00678. The second kappa shape index (κ2) is 3.89. The van der Waals surface area contributed by atoms with E-state index in [4.69, 9.17) is 0 Å². The Kier molecular flexibility index (Phi) is 3.37. The zero-order valence-electron chi connectivity index (χ0n) is 8.36. The average Bonchev–Trinajstić information content (AvgIpc) is 2.11. The molecule has 14 heavy (non-hydrogen) atoms. The molecule has 0 aliphatic heterocycles. The van der Waals surface area contributed by atoms with Crippen molar-refractivity contribution < 1.29 is 9.59 Å². The molecule has 0 aromatic heterocycles. The Morgan fingerprint density at radius 2 is 1.86 bits per heavy atom. The van der Waals surface area contributed by atoms with Crippen LogP contribution >= 0.6 is 31.9 Å². The Hall–Kier alpha value is 0.0400. The van der Waals surface area contributed by atoms with Crippen LogP contribution in [0.15, 0.2) is 10.1 Å². The molecule has 0 N–H and O–H groups in total. The van der Waals surface area contributed by atoms with Crippen molar-refractivity contribution in [2.24, 2.45) is 5.92 Å². The summed E-state index contributed by atoms with van der Waals surface area (Å²) in [5, 5.41) is 0. The third kappa shape index (κ3) is 1.74. The maximum Gasteiger partial charge on any atom is 0.177 e. The molecule has 0 amide bonds. The second-order valence-corrected chi connectivity index (χ2v) is 6.09. The smallest absolute Gasteiger partial charge is 0.177 e. The molecule has 1 rings (SSSR count). The lowest BCUT2D eigenvalue weighted by atomic mass is 9.80. The topological polar surface area (TPSA) is 34.1 Å². The Labute approximate surface area is 100 Å². The standard InChI is InChI=1S/C10H12Br2O2/c1-5(2)10(12)4-7(13)8(11)6(3)9(10)14/h5H,4H2,1-3H3. The molecule has 0 aromatic carbocycles. The molecule has 1 aliphatic carbocycles. The van der Waals surface area contributed by atoms with Crippen LogP contribution in [-0.4, -0.2) is 15.9 Å². The molecular formula is C10H12Br2O2. The van der Waals surface area contributed by atoms with E-state index in [0.29, 0.717) is 10.1 Å². The number of halogens is 2. The summed E-state index contributed by atoms with van der Waals surface area (Å²) < 4.78 is -0.274. The van der Waals surface area contributed by atoms with E-state index in [0.717, 1.165) is 0 Å². The lowest BCUT2D eigenvalue weighted by Crippen LogP contribution is -2.43. The summed E-state index contributed by atoms with van der Waals surface area (Å²) >= 11 is 6.56. The number of rotatable bonds is 1. The number of carbonyl (C=O) groups excluding carboxylic acids is 2. The van der Waals surface area contributed by atoms with E-state index in [-0.39, 0.29) is 23.9 Å². The predicted molar refractivity (Wildman–Crippen MR) is 62.8 cm³/mol. The number of alkyl halides is 1. The van der Waals surface area contributed by atoms with Gasteiger partial charge in [-0.25, -0.2) is 0 Å². The van der Waals surface area contributed by atoms with Gasteiger partial charge in [-0.3, -0.25) is 9.59 Å². The Bertz CT molecular complexity index is 331. The number of Topliss-reactive ketones (excluding diaryl/α,β-unsaturated/α-hetero) is 2. The van der Waals surface area contributed by atoms with Crippen molar-refractivity contribution in [3.63, 3.8) is 0 Å². The Balaban J connectivity index is 3.22. The maximum absolute atomic E-state index is 12.0. The molecule has 0 radical (unpaired) electrons. The van der Waals surface area contributed by atoms with Crippen LogP contribution in [0.25, 0.3) is 0 Å². The molecule has 1 unspecified atom stereocenters. The van der Waals surface area contributed by atoms with Gasteiger partial charge in [0.25, 0.3) is 0 Å². The molecule has 0 bridgehead atoms. The zero-order valence-corrected chi connectivity index (χ0v) is 11.5. The largest absolute Gasteiger partial charge is 0.294 e. The fourth-order valence-corrected chi connectivity index (χ4v) is 2.35. The summed E-state index contributed by atoms with van der Waals surface area (Å²) in [5.74, 6) is 0.112. The van der Waals surface area contributed by atoms with Crippen LogP contribution in [0.1, 0.15) is 27.2 Å². The fraction of sp³-hybridized carbons (Fsp3) is 0.600. The van der Waals surface area contributed by atoms with Gasteiger partial charge in [0.05, 0.1) is 8.81 Å². The van der Waals surface area contributed by atoms with Crippen LogP contribution in [0.5, 0.6) is 0 Å². The maximum atomic E-state index is 12.0. The summed E-state index contributed by atoms with van der Waals surface area (Å²) in [6.45, 7) is 5.56.